The van der Waals surface area contributed by atoms with Gasteiger partial charge >= 0.3 is 6.18 Å². The van der Waals surface area contributed by atoms with Crippen LogP contribution >= 0.6 is 0 Å². The van der Waals surface area contributed by atoms with Gasteiger partial charge in [-0.25, -0.2) is 4.99 Å². The summed E-state index contributed by atoms with van der Waals surface area (Å²) in [6, 6.07) is 24.2. The quantitative estimate of drug-likeness (QED) is 0.412. The second-order valence-electron chi connectivity index (χ2n) is 6.30. The zero-order valence-corrected chi connectivity index (χ0v) is 14.2. The van der Waals surface area contributed by atoms with Crippen molar-refractivity contribution in [3.8, 4) is 0 Å². The molecule has 1 heterocycles. The van der Waals surface area contributed by atoms with E-state index in [1.807, 2.05) is 60.7 Å². The molecule has 0 amide bonds. The summed E-state index contributed by atoms with van der Waals surface area (Å²) in [6.45, 7) is 0. The molecule has 136 valence electrons. The van der Waals surface area contributed by atoms with Gasteiger partial charge in [0.05, 0.1) is 17.0 Å². The Morgan fingerprint density at radius 1 is 0.778 bits per heavy atom. The van der Waals surface area contributed by atoms with Gasteiger partial charge in [0, 0.05) is 0 Å². The van der Waals surface area contributed by atoms with Crippen LogP contribution in [0.3, 0.4) is 0 Å². The lowest BCUT2D eigenvalue weighted by molar-refractivity contribution is -0.137. The third-order valence-electron chi connectivity index (χ3n) is 4.40. The summed E-state index contributed by atoms with van der Waals surface area (Å²) in [6.07, 6.45) is -4.68. The first kappa shape index (κ1) is 17.5. The molecule has 2 atom stereocenters. The normalized spacial score (nSPS) is 19.7. The van der Waals surface area contributed by atoms with Crippen LogP contribution in [-0.4, -0.2) is 11.8 Å². The lowest BCUT2D eigenvalue weighted by atomic mass is 10.0. The highest BCUT2D eigenvalue weighted by molar-refractivity contribution is 6.07. The van der Waals surface area contributed by atoms with Crippen LogP contribution in [0, 0.1) is 0 Å². The molecule has 2 nitrogen and oxygen atoms in total. The molecule has 5 heteroatoms. The predicted molar refractivity (Wildman–Crippen MR) is 98.1 cm³/mol. The Hall–Kier alpha value is -2.92. The zero-order chi connectivity index (χ0) is 18.9. The molecule has 0 aliphatic carbocycles. The summed E-state index contributed by atoms with van der Waals surface area (Å²) < 4.78 is 44.2. The summed E-state index contributed by atoms with van der Waals surface area (Å²) in [4.78, 5) is 4.61. The van der Waals surface area contributed by atoms with Crippen LogP contribution in [-0.2, 0) is 10.9 Å². The standard InChI is InChI=1S/C22H16F3NO/c23-22(24,25)17-11-13-18(14-12-17)26-19(15-7-3-1-4-8-15)21-20(27-21)16-9-5-2-6-10-16/h1-14,20-21H/t20-,21-/m1/s1. The topological polar surface area (TPSA) is 24.9 Å². The molecular formula is C22H16F3NO. The van der Waals surface area contributed by atoms with Crippen LogP contribution in [0.25, 0.3) is 0 Å². The third kappa shape index (κ3) is 3.93. The Labute approximate surface area is 155 Å². The van der Waals surface area contributed by atoms with E-state index in [1.165, 1.54) is 12.1 Å². The van der Waals surface area contributed by atoms with Crippen molar-refractivity contribution in [2.75, 3.05) is 0 Å². The van der Waals surface area contributed by atoms with E-state index in [9.17, 15) is 13.2 Å². The molecule has 1 aliphatic heterocycles. The van der Waals surface area contributed by atoms with E-state index in [-0.39, 0.29) is 12.2 Å². The van der Waals surface area contributed by atoms with Crippen LogP contribution in [0.4, 0.5) is 18.9 Å². The molecule has 0 spiro atoms. The Balaban J connectivity index is 1.66. The third-order valence-corrected chi connectivity index (χ3v) is 4.40. The van der Waals surface area contributed by atoms with Crippen LogP contribution in [0.2, 0.25) is 0 Å². The first-order valence-corrected chi connectivity index (χ1v) is 8.54. The summed E-state index contributed by atoms with van der Waals surface area (Å²) in [7, 11) is 0. The SMILES string of the molecule is FC(F)(F)c1ccc(N=C(c2ccccc2)[C@H]2O[C@@H]2c2ccccc2)cc1. The van der Waals surface area contributed by atoms with Crippen LogP contribution < -0.4 is 0 Å². The monoisotopic (exact) mass is 367 g/mol. The molecule has 1 aliphatic rings. The minimum atomic E-state index is -4.36. The molecule has 0 saturated carbocycles. The van der Waals surface area contributed by atoms with Gasteiger partial charge in [0.25, 0.3) is 0 Å². The van der Waals surface area contributed by atoms with Crippen molar-refractivity contribution in [1.82, 2.24) is 0 Å². The maximum atomic E-state index is 12.8. The van der Waals surface area contributed by atoms with Gasteiger partial charge in [0.2, 0.25) is 0 Å². The number of nitrogens with zero attached hydrogens (tertiary/aromatic N) is 1. The molecule has 1 fully saturated rings. The maximum Gasteiger partial charge on any atom is 0.416 e. The van der Waals surface area contributed by atoms with E-state index in [0.29, 0.717) is 11.4 Å². The van der Waals surface area contributed by atoms with Gasteiger partial charge in [-0.2, -0.15) is 13.2 Å². The van der Waals surface area contributed by atoms with Crippen LogP contribution in [0.1, 0.15) is 22.8 Å². The van der Waals surface area contributed by atoms with Gasteiger partial charge in [0.15, 0.2) is 0 Å². The van der Waals surface area contributed by atoms with E-state index < -0.39 is 11.7 Å². The number of rotatable bonds is 4. The largest absolute Gasteiger partial charge is 0.416 e. The summed E-state index contributed by atoms with van der Waals surface area (Å²) in [5.41, 5.74) is 2.43. The van der Waals surface area contributed by atoms with Crippen molar-refractivity contribution in [1.29, 1.82) is 0 Å². The maximum absolute atomic E-state index is 12.8. The van der Waals surface area contributed by atoms with Crippen molar-refractivity contribution in [2.24, 2.45) is 4.99 Å². The van der Waals surface area contributed by atoms with Gasteiger partial charge in [-0.15, -0.1) is 0 Å². The second-order valence-corrected chi connectivity index (χ2v) is 6.30. The number of benzene rings is 3. The van der Waals surface area contributed by atoms with Gasteiger partial charge in [-0.1, -0.05) is 60.7 Å². The zero-order valence-electron chi connectivity index (χ0n) is 14.2. The van der Waals surface area contributed by atoms with Gasteiger partial charge in [0.1, 0.15) is 12.2 Å². The molecule has 27 heavy (non-hydrogen) atoms. The van der Waals surface area contributed by atoms with Crippen LogP contribution in [0.15, 0.2) is 89.9 Å². The summed E-state index contributed by atoms with van der Waals surface area (Å²) in [5.74, 6) is 0. The summed E-state index contributed by atoms with van der Waals surface area (Å²) >= 11 is 0. The average molecular weight is 367 g/mol. The second kappa shape index (κ2) is 7.00. The van der Waals surface area contributed by atoms with E-state index in [2.05, 4.69) is 4.99 Å². The Morgan fingerprint density at radius 2 is 1.37 bits per heavy atom. The number of aliphatic imine (C=N–C) groups is 1. The van der Waals surface area contributed by atoms with Gasteiger partial charge in [-0.3, -0.25) is 0 Å². The Bertz CT molecular complexity index is 935. The van der Waals surface area contributed by atoms with E-state index in [0.717, 1.165) is 23.3 Å². The molecule has 1 saturated heterocycles. The van der Waals surface area contributed by atoms with Crippen molar-refractivity contribution in [2.45, 2.75) is 18.4 Å². The lowest BCUT2D eigenvalue weighted by Crippen LogP contribution is -2.10. The highest BCUT2D eigenvalue weighted by Crippen LogP contribution is 2.41. The fourth-order valence-electron chi connectivity index (χ4n) is 2.98. The average Bonchev–Trinajstić information content (AvgIpc) is 3.48. The van der Waals surface area contributed by atoms with Crippen molar-refractivity contribution in [3.63, 3.8) is 0 Å². The fourth-order valence-corrected chi connectivity index (χ4v) is 2.98. The van der Waals surface area contributed by atoms with Crippen molar-refractivity contribution < 1.29 is 17.9 Å². The minimum Gasteiger partial charge on any atom is -0.358 e. The van der Waals surface area contributed by atoms with Crippen LogP contribution in [0.5, 0.6) is 0 Å². The minimum absolute atomic E-state index is 0.0976. The number of alkyl halides is 3. The van der Waals surface area contributed by atoms with E-state index >= 15 is 0 Å². The molecule has 0 aromatic heterocycles. The predicted octanol–water partition coefficient (Wildman–Crippen LogP) is 5.97. The smallest absolute Gasteiger partial charge is 0.358 e. The highest BCUT2D eigenvalue weighted by atomic mass is 19.4. The molecule has 0 bridgehead atoms. The molecule has 3 aromatic rings. The molecular weight excluding hydrogens is 351 g/mol. The molecule has 0 N–H and O–H groups in total. The number of epoxide rings is 1. The molecule has 0 unspecified atom stereocenters. The molecule has 0 radical (unpaired) electrons. The van der Waals surface area contributed by atoms with Crippen molar-refractivity contribution in [3.05, 3.63) is 102 Å². The first-order chi connectivity index (χ1) is 13.0. The Kier molecular flexibility index (Phi) is 4.54. The number of hydrogen-bond acceptors (Lipinski definition) is 2. The molecule has 3 aromatic carbocycles. The van der Waals surface area contributed by atoms with E-state index in [1.54, 1.807) is 0 Å². The lowest BCUT2D eigenvalue weighted by Gasteiger charge is -2.08. The Morgan fingerprint density at radius 3 is 1.96 bits per heavy atom. The fraction of sp³-hybridized carbons (Fsp3) is 0.136. The number of halogens is 3. The highest BCUT2D eigenvalue weighted by Gasteiger charge is 2.44. The van der Waals surface area contributed by atoms with E-state index in [4.69, 9.17) is 4.74 Å². The molecule has 4 rings (SSSR count). The summed E-state index contributed by atoms with van der Waals surface area (Å²) in [5, 5.41) is 0. The van der Waals surface area contributed by atoms with Crippen molar-refractivity contribution >= 4 is 11.4 Å². The van der Waals surface area contributed by atoms with Gasteiger partial charge in [-0.05, 0) is 35.4 Å². The number of ether oxygens (including phenoxy) is 1. The first-order valence-electron chi connectivity index (χ1n) is 8.54. The number of hydrogen-bond donors (Lipinski definition) is 0. The van der Waals surface area contributed by atoms with Gasteiger partial charge < -0.3 is 4.74 Å².